The molecule has 0 bridgehead atoms. The number of nitriles is 1. The van der Waals surface area contributed by atoms with Crippen LogP contribution in [0.2, 0.25) is 5.02 Å². The molecule has 78 valence electrons. The van der Waals surface area contributed by atoms with Crippen molar-refractivity contribution in [1.82, 2.24) is 0 Å². The molecule has 0 aliphatic heterocycles. The van der Waals surface area contributed by atoms with Crippen molar-refractivity contribution in [2.45, 2.75) is 12.5 Å². The van der Waals surface area contributed by atoms with Gasteiger partial charge in [-0.3, -0.25) is 4.79 Å². The third-order valence-corrected chi connectivity index (χ3v) is 2.29. The second-order valence-electron chi connectivity index (χ2n) is 3.07. The molecule has 0 saturated heterocycles. The van der Waals surface area contributed by atoms with Gasteiger partial charge in [0.1, 0.15) is 6.04 Å². The third-order valence-electron chi connectivity index (χ3n) is 1.94. The highest BCUT2D eigenvalue weighted by molar-refractivity contribution is 6.31. The molecule has 0 aliphatic rings. The van der Waals surface area contributed by atoms with Crippen molar-refractivity contribution in [3.63, 3.8) is 0 Å². The van der Waals surface area contributed by atoms with E-state index < -0.39 is 12.0 Å². The topological polar surface area (TPSA) is 87.1 Å². The highest BCUT2D eigenvalue weighted by Gasteiger charge is 2.14. The number of nitrogens with zero attached hydrogens (tertiary/aromatic N) is 1. The van der Waals surface area contributed by atoms with Gasteiger partial charge in [0.15, 0.2) is 0 Å². The number of aliphatic carboxylic acids is 1. The number of nitrogens with two attached hydrogens (primary N) is 1. The molecule has 0 unspecified atom stereocenters. The highest BCUT2D eigenvalue weighted by Crippen LogP contribution is 2.18. The Labute approximate surface area is 91.9 Å². The van der Waals surface area contributed by atoms with Crippen molar-refractivity contribution in [3.8, 4) is 6.07 Å². The largest absolute Gasteiger partial charge is 0.480 e. The molecule has 0 saturated carbocycles. The molecule has 0 spiro atoms. The molecular formula is C10H9ClN2O2. The number of halogens is 1. The first kappa shape index (κ1) is 11.5. The van der Waals surface area contributed by atoms with Gasteiger partial charge < -0.3 is 10.8 Å². The van der Waals surface area contributed by atoms with E-state index in [2.05, 4.69) is 0 Å². The first-order chi connectivity index (χ1) is 7.04. The number of hydrogen-bond acceptors (Lipinski definition) is 3. The number of benzene rings is 1. The molecule has 1 atom stereocenters. The van der Waals surface area contributed by atoms with Crippen molar-refractivity contribution < 1.29 is 9.90 Å². The summed E-state index contributed by atoms with van der Waals surface area (Å²) in [6.45, 7) is 0. The smallest absolute Gasteiger partial charge is 0.320 e. The average molecular weight is 225 g/mol. The van der Waals surface area contributed by atoms with E-state index in [1.165, 1.54) is 6.07 Å². The van der Waals surface area contributed by atoms with Crippen LogP contribution in [0.4, 0.5) is 0 Å². The minimum atomic E-state index is -1.07. The molecule has 0 amide bonds. The zero-order valence-corrected chi connectivity index (χ0v) is 8.53. The lowest BCUT2D eigenvalue weighted by atomic mass is 10.1. The summed E-state index contributed by atoms with van der Waals surface area (Å²) in [5.74, 6) is -1.07. The maximum atomic E-state index is 10.5. The predicted molar refractivity (Wildman–Crippen MR) is 55.5 cm³/mol. The Morgan fingerprint density at radius 3 is 2.80 bits per heavy atom. The summed E-state index contributed by atoms with van der Waals surface area (Å²) in [6, 6.07) is 5.65. The molecule has 5 heteroatoms. The fourth-order valence-corrected chi connectivity index (χ4v) is 1.36. The van der Waals surface area contributed by atoms with E-state index in [1.807, 2.05) is 6.07 Å². The molecule has 0 aliphatic carbocycles. The van der Waals surface area contributed by atoms with Gasteiger partial charge in [-0.2, -0.15) is 5.26 Å². The van der Waals surface area contributed by atoms with E-state index in [0.717, 1.165) is 0 Å². The van der Waals surface area contributed by atoms with E-state index in [4.69, 9.17) is 27.7 Å². The zero-order valence-electron chi connectivity index (χ0n) is 7.77. The molecule has 1 aromatic carbocycles. The summed E-state index contributed by atoms with van der Waals surface area (Å²) in [6.07, 6.45) is 0.153. The predicted octanol–water partition coefficient (Wildman–Crippen LogP) is 1.17. The Morgan fingerprint density at radius 1 is 1.67 bits per heavy atom. The number of carboxylic acid groups (broad SMARTS) is 1. The van der Waals surface area contributed by atoms with Crippen LogP contribution in [0.15, 0.2) is 18.2 Å². The van der Waals surface area contributed by atoms with E-state index in [1.54, 1.807) is 12.1 Å². The van der Waals surface area contributed by atoms with Crippen LogP contribution < -0.4 is 5.73 Å². The molecule has 3 N–H and O–H groups in total. The first-order valence-corrected chi connectivity index (χ1v) is 4.59. The van der Waals surface area contributed by atoms with Crippen molar-refractivity contribution in [3.05, 3.63) is 34.3 Å². The second kappa shape index (κ2) is 4.78. The van der Waals surface area contributed by atoms with Crippen molar-refractivity contribution >= 4 is 17.6 Å². The van der Waals surface area contributed by atoms with Crippen LogP contribution in [0.3, 0.4) is 0 Å². The van der Waals surface area contributed by atoms with Gasteiger partial charge >= 0.3 is 5.97 Å². The Morgan fingerprint density at radius 2 is 2.33 bits per heavy atom. The molecule has 0 radical (unpaired) electrons. The van der Waals surface area contributed by atoms with Gasteiger partial charge in [-0.25, -0.2) is 0 Å². The summed E-state index contributed by atoms with van der Waals surface area (Å²) in [5, 5.41) is 17.6. The van der Waals surface area contributed by atoms with Gasteiger partial charge in [0.2, 0.25) is 0 Å². The van der Waals surface area contributed by atoms with Gasteiger partial charge in [0.05, 0.1) is 11.6 Å². The normalized spacial score (nSPS) is 11.8. The summed E-state index contributed by atoms with van der Waals surface area (Å²) >= 11 is 5.86. The van der Waals surface area contributed by atoms with Crippen LogP contribution in [-0.2, 0) is 11.2 Å². The van der Waals surface area contributed by atoms with Crippen LogP contribution >= 0.6 is 11.6 Å². The summed E-state index contributed by atoms with van der Waals surface area (Å²) < 4.78 is 0. The Hall–Kier alpha value is -1.57. The molecule has 0 heterocycles. The Balaban J connectivity index is 2.88. The van der Waals surface area contributed by atoms with E-state index in [9.17, 15) is 4.79 Å². The van der Waals surface area contributed by atoms with Crippen LogP contribution in [0.5, 0.6) is 0 Å². The first-order valence-electron chi connectivity index (χ1n) is 4.21. The van der Waals surface area contributed by atoms with Gasteiger partial charge in [-0.1, -0.05) is 17.7 Å². The fourth-order valence-electron chi connectivity index (χ4n) is 1.11. The minimum Gasteiger partial charge on any atom is -0.480 e. The van der Waals surface area contributed by atoms with Crippen LogP contribution in [0, 0.1) is 11.3 Å². The van der Waals surface area contributed by atoms with Crippen LogP contribution in [-0.4, -0.2) is 17.1 Å². The van der Waals surface area contributed by atoms with Gasteiger partial charge in [0, 0.05) is 5.02 Å². The molecular weight excluding hydrogens is 216 g/mol. The molecule has 0 aromatic heterocycles. The maximum Gasteiger partial charge on any atom is 0.320 e. The molecule has 15 heavy (non-hydrogen) atoms. The Bertz CT molecular complexity index is 426. The van der Waals surface area contributed by atoms with E-state index >= 15 is 0 Å². The fraction of sp³-hybridized carbons (Fsp3) is 0.200. The van der Waals surface area contributed by atoms with Gasteiger partial charge in [0.25, 0.3) is 0 Å². The SMILES string of the molecule is N#Cc1ccc(C[C@H](N)C(=O)O)c(Cl)c1. The molecule has 4 nitrogen and oxygen atoms in total. The molecule has 1 rings (SSSR count). The summed E-state index contributed by atoms with van der Waals surface area (Å²) in [4.78, 5) is 10.5. The lowest BCUT2D eigenvalue weighted by Gasteiger charge is -2.07. The van der Waals surface area contributed by atoms with Crippen molar-refractivity contribution in [2.75, 3.05) is 0 Å². The van der Waals surface area contributed by atoms with Crippen molar-refractivity contribution in [1.29, 1.82) is 5.26 Å². The highest BCUT2D eigenvalue weighted by atomic mass is 35.5. The van der Waals surface area contributed by atoms with E-state index in [-0.39, 0.29) is 6.42 Å². The zero-order chi connectivity index (χ0) is 11.4. The number of hydrogen-bond donors (Lipinski definition) is 2. The lowest BCUT2D eigenvalue weighted by molar-refractivity contribution is -0.138. The number of carboxylic acids is 1. The van der Waals surface area contributed by atoms with Crippen LogP contribution in [0.1, 0.15) is 11.1 Å². The quantitative estimate of drug-likeness (QED) is 0.807. The van der Waals surface area contributed by atoms with Crippen LogP contribution in [0.25, 0.3) is 0 Å². The summed E-state index contributed by atoms with van der Waals surface area (Å²) in [7, 11) is 0. The standard InChI is InChI=1S/C10H9ClN2O2/c11-8-3-6(5-12)1-2-7(8)4-9(13)10(14)15/h1-3,9H,4,13H2,(H,14,15)/t9-/m0/s1. The van der Waals surface area contributed by atoms with Gasteiger partial charge in [-0.05, 0) is 24.1 Å². The monoisotopic (exact) mass is 224 g/mol. The van der Waals surface area contributed by atoms with E-state index in [0.29, 0.717) is 16.1 Å². The third kappa shape index (κ3) is 2.94. The molecule has 0 fully saturated rings. The number of rotatable bonds is 3. The second-order valence-corrected chi connectivity index (χ2v) is 3.47. The Kier molecular flexibility index (Phi) is 3.67. The average Bonchev–Trinajstić information content (AvgIpc) is 2.20. The van der Waals surface area contributed by atoms with Gasteiger partial charge in [-0.15, -0.1) is 0 Å². The maximum absolute atomic E-state index is 10.5. The molecule has 1 aromatic rings. The van der Waals surface area contributed by atoms with Crippen molar-refractivity contribution in [2.24, 2.45) is 5.73 Å². The summed E-state index contributed by atoms with van der Waals surface area (Å²) in [5.41, 5.74) is 6.43. The minimum absolute atomic E-state index is 0.153. The number of carbonyl (C=O) groups is 1. The lowest BCUT2D eigenvalue weighted by Crippen LogP contribution is -2.32.